The normalized spacial score (nSPS) is 22.8. The van der Waals surface area contributed by atoms with Gasteiger partial charge in [-0.05, 0) is 36.5 Å². The highest BCUT2D eigenvalue weighted by atomic mass is 32.2. The van der Waals surface area contributed by atoms with Crippen LogP contribution in [0.15, 0.2) is 29.4 Å². The van der Waals surface area contributed by atoms with E-state index in [-0.39, 0.29) is 11.1 Å². The number of piperazine rings is 1. The summed E-state index contributed by atoms with van der Waals surface area (Å²) < 4.78 is 0. The number of hydrogen-bond donors (Lipinski definition) is 0. The molecule has 116 valence electrons. The van der Waals surface area contributed by atoms with Crippen LogP contribution in [0.1, 0.15) is 5.56 Å². The highest BCUT2D eigenvalue weighted by Crippen LogP contribution is 2.32. The van der Waals surface area contributed by atoms with Gasteiger partial charge in [-0.3, -0.25) is 24.4 Å². The van der Waals surface area contributed by atoms with Crippen molar-refractivity contribution in [2.75, 3.05) is 39.9 Å². The van der Waals surface area contributed by atoms with Gasteiger partial charge in [0.15, 0.2) is 0 Å². The van der Waals surface area contributed by atoms with E-state index in [9.17, 15) is 9.59 Å². The van der Waals surface area contributed by atoms with Gasteiger partial charge >= 0.3 is 0 Å². The molecule has 7 heteroatoms. The molecular weight excluding hydrogens is 300 g/mol. The Hall–Kier alpha value is -1.70. The van der Waals surface area contributed by atoms with Crippen LogP contribution in [0.2, 0.25) is 0 Å². The molecule has 0 unspecified atom stereocenters. The fourth-order valence-electron chi connectivity index (χ4n) is 2.42. The summed E-state index contributed by atoms with van der Waals surface area (Å²) in [6.45, 7) is 4.05. The Balaban J connectivity index is 1.68. The zero-order valence-electron chi connectivity index (χ0n) is 12.4. The number of likely N-dealkylation sites (N-methyl/N-ethyl adjacent to an activating group) is 1. The second-order valence-electron chi connectivity index (χ2n) is 5.46. The minimum atomic E-state index is -0.210. The maximum Gasteiger partial charge on any atom is 0.294 e. The topological polar surface area (TPSA) is 56.8 Å². The van der Waals surface area contributed by atoms with Crippen molar-refractivity contribution in [2.45, 2.75) is 0 Å². The molecule has 3 heterocycles. The smallest absolute Gasteiger partial charge is 0.294 e. The van der Waals surface area contributed by atoms with Gasteiger partial charge in [-0.15, -0.1) is 0 Å². The third kappa shape index (κ3) is 3.37. The molecule has 1 aromatic rings. The number of aromatic nitrogens is 1. The Bertz CT molecular complexity index is 597. The second kappa shape index (κ2) is 6.60. The van der Waals surface area contributed by atoms with Crippen LogP contribution < -0.4 is 0 Å². The molecule has 3 rings (SSSR count). The summed E-state index contributed by atoms with van der Waals surface area (Å²) in [6.07, 6.45) is 5.08. The Kier molecular flexibility index (Phi) is 4.56. The summed E-state index contributed by atoms with van der Waals surface area (Å²) in [5, 5.41) is -0.195. The van der Waals surface area contributed by atoms with E-state index in [1.165, 1.54) is 4.90 Å². The van der Waals surface area contributed by atoms with E-state index in [1.54, 1.807) is 24.5 Å². The lowest BCUT2D eigenvalue weighted by molar-refractivity contribution is -0.124. The molecule has 2 aliphatic heterocycles. The van der Waals surface area contributed by atoms with E-state index in [0.717, 1.165) is 43.5 Å². The van der Waals surface area contributed by atoms with Crippen molar-refractivity contribution in [2.24, 2.45) is 0 Å². The Morgan fingerprint density at radius 1 is 1.27 bits per heavy atom. The van der Waals surface area contributed by atoms with Crippen LogP contribution in [0, 0.1) is 0 Å². The largest absolute Gasteiger partial charge is 0.304 e. The summed E-state index contributed by atoms with van der Waals surface area (Å²) in [4.78, 5) is 34.7. The number of pyridine rings is 1. The highest BCUT2D eigenvalue weighted by Gasteiger charge is 2.36. The van der Waals surface area contributed by atoms with E-state index >= 15 is 0 Å². The van der Waals surface area contributed by atoms with E-state index in [1.807, 2.05) is 6.07 Å². The molecule has 2 aliphatic rings. The quantitative estimate of drug-likeness (QED) is 0.784. The minimum Gasteiger partial charge on any atom is -0.304 e. The molecule has 0 aromatic carbocycles. The number of carbonyl (C=O) groups is 2. The first kappa shape index (κ1) is 15.2. The fourth-order valence-corrected chi connectivity index (χ4v) is 3.26. The van der Waals surface area contributed by atoms with Gasteiger partial charge in [-0.25, -0.2) is 0 Å². The number of amides is 2. The van der Waals surface area contributed by atoms with Crippen LogP contribution >= 0.6 is 11.8 Å². The van der Waals surface area contributed by atoms with Gasteiger partial charge in [-0.1, -0.05) is 6.07 Å². The number of carbonyl (C=O) groups excluding carboxylic acids is 2. The van der Waals surface area contributed by atoms with E-state index < -0.39 is 0 Å². The number of hydrogen-bond acceptors (Lipinski definition) is 6. The SMILES string of the molecule is CN1CCN(CN2C(=O)S/C(=C/c3cccnc3)C2=O)CC1. The van der Waals surface area contributed by atoms with Crippen LogP contribution in [-0.2, 0) is 4.79 Å². The van der Waals surface area contributed by atoms with Crippen molar-refractivity contribution < 1.29 is 9.59 Å². The van der Waals surface area contributed by atoms with E-state index in [4.69, 9.17) is 0 Å². The maximum absolute atomic E-state index is 12.4. The molecule has 0 bridgehead atoms. The third-order valence-corrected chi connectivity index (χ3v) is 4.70. The molecule has 22 heavy (non-hydrogen) atoms. The first-order valence-electron chi connectivity index (χ1n) is 7.20. The van der Waals surface area contributed by atoms with Gasteiger partial charge in [0, 0.05) is 38.6 Å². The van der Waals surface area contributed by atoms with Gasteiger partial charge in [-0.2, -0.15) is 0 Å². The summed E-state index contributed by atoms with van der Waals surface area (Å²) in [5.41, 5.74) is 0.826. The Morgan fingerprint density at radius 2 is 2.05 bits per heavy atom. The van der Waals surface area contributed by atoms with Crippen molar-refractivity contribution in [1.82, 2.24) is 19.7 Å². The van der Waals surface area contributed by atoms with Crippen molar-refractivity contribution in [3.05, 3.63) is 35.0 Å². The zero-order valence-corrected chi connectivity index (χ0v) is 13.3. The standard InChI is InChI=1S/C15H18N4O2S/c1-17-5-7-18(8-6-17)11-19-14(20)13(22-15(19)21)9-12-3-2-4-16-10-12/h2-4,9-10H,5-8,11H2,1H3/b13-9+. The number of nitrogens with zero attached hydrogens (tertiary/aromatic N) is 4. The Labute approximate surface area is 133 Å². The first-order valence-corrected chi connectivity index (χ1v) is 8.01. The average molecular weight is 318 g/mol. The van der Waals surface area contributed by atoms with Gasteiger partial charge in [0.25, 0.3) is 11.1 Å². The second-order valence-corrected chi connectivity index (χ2v) is 6.45. The monoisotopic (exact) mass is 318 g/mol. The highest BCUT2D eigenvalue weighted by molar-refractivity contribution is 8.18. The lowest BCUT2D eigenvalue weighted by atomic mass is 10.2. The lowest BCUT2D eigenvalue weighted by Crippen LogP contribution is -2.49. The van der Waals surface area contributed by atoms with Crippen LogP contribution in [-0.4, -0.2) is 70.7 Å². The molecule has 0 saturated carbocycles. The molecule has 0 N–H and O–H groups in total. The molecule has 0 radical (unpaired) electrons. The molecule has 2 fully saturated rings. The molecule has 0 spiro atoms. The predicted molar refractivity (Wildman–Crippen MR) is 86.0 cm³/mol. The average Bonchev–Trinajstić information content (AvgIpc) is 2.78. The number of rotatable bonds is 3. The van der Waals surface area contributed by atoms with Gasteiger partial charge in [0.1, 0.15) is 0 Å². The van der Waals surface area contributed by atoms with Crippen LogP contribution in [0.4, 0.5) is 4.79 Å². The zero-order chi connectivity index (χ0) is 15.5. The van der Waals surface area contributed by atoms with Gasteiger partial charge in [0.05, 0.1) is 11.6 Å². The predicted octanol–water partition coefficient (Wildman–Crippen LogP) is 1.32. The van der Waals surface area contributed by atoms with Crippen LogP contribution in [0.5, 0.6) is 0 Å². The van der Waals surface area contributed by atoms with Gasteiger partial charge in [0.2, 0.25) is 0 Å². The molecule has 2 amide bonds. The molecule has 6 nitrogen and oxygen atoms in total. The van der Waals surface area contributed by atoms with E-state index in [0.29, 0.717) is 11.6 Å². The van der Waals surface area contributed by atoms with Crippen molar-refractivity contribution in [3.8, 4) is 0 Å². The summed E-state index contributed by atoms with van der Waals surface area (Å²) in [7, 11) is 2.08. The molecular formula is C15H18N4O2S. The van der Waals surface area contributed by atoms with Crippen LogP contribution in [0.25, 0.3) is 6.08 Å². The fraction of sp³-hybridized carbons (Fsp3) is 0.400. The summed E-state index contributed by atoms with van der Waals surface area (Å²) in [5.74, 6) is -0.210. The molecule has 0 aliphatic carbocycles. The molecule has 0 atom stereocenters. The van der Waals surface area contributed by atoms with Crippen molar-refractivity contribution >= 4 is 29.0 Å². The van der Waals surface area contributed by atoms with Crippen LogP contribution in [0.3, 0.4) is 0 Å². The number of thioether (sulfide) groups is 1. The van der Waals surface area contributed by atoms with Gasteiger partial charge < -0.3 is 4.90 Å². The molecule has 1 aromatic heterocycles. The van der Waals surface area contributed by atoms with Crippen molar-refractivity contribution in [3.63, 3.8) is 0 Å². The van der Waals surface area contributed by atoms with Crippen molar-refractivity contribution in [1.29, 1.82) is 0 Å². The summed E-state index contributed by atoms with van der Waals surface area (Å²) in [6, 6.07) is 3.67. The first-order chi connectivity index (χ1) is 10.6. The lowest BCUT2D eigenvalue weighted by Gasteiger charge is -2.33. The van der Waals surface area contributed by atoms with E-state index in [2.05, 4.69) is 21.8 Å². The minimum absolute atomic E-state index is 0.195. The summed E-state index contributed by atoms with van der Waals surface area (Å²) >= 11 is 0.999. The molecule has 2 saturated heterocycles. The third-order valence-electron chi connectivity index (χ3n) is 3.79. The maximum atomic E-state index is 12.4. The Morgan fingerprint density at radius 3 is 2.73 bits per heavy atom. The number of imide groups is 1.